The summed E-state index contributed by atoms with van der Waals surface area (Å²) in [7, 11) is 1.38. The number of nitrogens with zero attached hydrogens (tertiary/aromatic N) is 1. The number of hydrogen-bond acceptors (Lipinski definition) is 4. The summed E-state index contributed by atoms with van der Waals surface area (Å²) in [5.41, 5.74) is 0.994. The minimum absolute atomic E-state index is 0.0329. The zero-order chi connectivity index (χ0) is 15.4. The molecule has 0 bridgehead atoms. The van der Waals surface area contributed by atoms with Gasteiger partial charge in [0, 0.05) is 5.56 Å². The molecular formula is C15H14FNO4. The minimum atomic E-state index is -0.502. The SMILES string of the molecule is COc1ccc(COc2cccc(C)c2[N+](=O)[O-])cc1F. The molecule has 0 unspecified atom stereocenters. The summed E-state index contributed by atoms with van der Waals surface area (Å²) in [6.45, 7) is 1.67. The van der Waals surface area contributed by atoms with Crippen LogP contribution in [0.5, 0.6) is 11.5 Å². The minimum Gasteiger partial charge on any atom is -0.494 e. The fourth-order valence-electron chi connectivity index (χ4n) is 1.94. The highest BCUT2D eigenvalue weighted by molar-refractivity contribution is 5.52. The van der Waals surface area contributed by atoms with Crippen LogP contribution in [-0.4, -0.2) is 12.0 Å². The zero-order valence-electron chi connectivity index (χ0n) is 11.6. The lowest BCUT2D eigenvalue weighted by atomic mass is 10.2. The first kappa shape index (κ1) is 14.8. The first-order chi connectivity index (χ1) is 10.0. The van der Waals surface area contributed by atoms with Crippen molar-refractivity contribution in [2.75, 3.05) is 7.11 Å². The van der Waals surface area contributed by atoms with Crippen LogP contribution < -0.4 is 9.47 Å². The number of halogens is 1. The van der Waals surface area contributed by atoms with Gasteiger partial charge < -0.3 is 9.47 Å². The third-order valence-electron chi connectivity index (χ3n) is 2.99. The van der Waals surface area contributed by atoms with Crippen molar-refractivity contribution in [1.29, 1.82) is 0 Å². The van der Waals surface area contributed by atoms with Gasteiger partial charge in [0.15, 0.2) is 17.3 Å². The Bertz CT molecular complexity index is 673. The molecule has 0 amide bonds. The van der Waals surface area contributed by atoms with E-state index >= 15 is 0 Å². The van der Waals surface area contributed by atoms with Crippen molar-refractivity contribution in [3.8, 4) is 11.5 Å². The Balaban J connectivity index is 2.19. The van der Waals surface area contributed by atoms with Crippen molar-refractivity contribution in [3.05, 3.63) is 63.5 Å². The van der Waals surface area contributed by atoms with E-state index in [2.05, 4.69) is 0 Å². The van der Waals surface area contributed by atoms with Crippen LogP contribution in [0.25, 0.3) is 0 Å². The maximum atomic E-state index is 13.6. The largest absolute Gasteiger partial charge is 0.494 e. The van der Waals surface area contributed by atoms with E-state index in [1.807, 2.05) is 0 Å². The molecule has 110 valence electrons. The third kappa shape index (κ3) is 3.28. The van der Waals surface area contributed by atoms with Gasteiger partial charge in [0.25, 0.3) is 0 Å². The van der Waals surface area contributed by atoms with Crippen molar-refractivity contribution >= 4 is 5.69 Å². The molecule has 0 heterocycles. The topological polar surface area (TPSA) is 61.6 Å². The van der Waals surface area contributed by atoms with Gasteiger partial charge >= 0.3 is 5.69 Å². The lowest BCUT2D eigenvalue weighted by Gasteiger charge is -2.09. The van der Waals surface area contributed by atoms with Crippen LogP contribution in [0, 0.1) is 22.9 Å². The van der Waals surface area contributed by atoms with Crippen molar-refractivity contribution in [1.82, 2.24) is 0 Å². The van der Waals surface area contributed by atoms with Crippen LogP contribution in [0.15, 0.2) is 36.4 Å². The summed E-state index contributed by atoms with van der Waals surface area (Å²) in [6.07, 6.45) is 0. The second-order valence-corrected chi connectivity index (χ2v) is 4.44. The van der Waals surface area contributed by atoms with Crippen LogP contribution in [0.4, 0.5) is 10.1 Å². The summed E-state index contributed by atoms with van der Waals surface area (Å²) in [5.74, 6) is -0.200. The van der Waals surface area contributed by atoms with E-state index in [9.17, 15) is 14.5 Å². The number of para-hydroxylation sites is 1. The molecule has 0 fully saturated rings. The molecule has 0 aromatic heterocycles. The molecule has 0 aliphatic heterocycles. The normalized spacial score (nSPS) is 10.2. The summed E-state index contributed by atoms with van der Waals surface area (Å²) in [6, 6.07) is 9.23. The summed E-state index contributed by atoms with van der Waals surface area (Å²) in [4.78, 5) is 10.6. The number of hydrogen-bond donors (Lipinski definition) is 0. The number of rotatable bonds is 5. The number of aryl methyl sites for hydroxylation is 1. The third-order valence-corrected chi connectivity index (χ3v) is 2.99. The van der Waals surface area contributed by atoms with Crippen molar-refractivity contribution in [3.63, 3.8) is 0 Å². The molecule has 2 rings (SSSR count). The lowest BCUT2D eigenvalue weighted by molar-refractivity contribution is -0.386. The van der Waals surface area contributed by atoms with Gasteiger partial charge in [-0.2, -0.15) is 0 Å². The Kier molecular flexibility index (Phi) is 4.37. The van der Waals surface area contributed by atoms with Crippen LogP contribution in [0.1, 0.15) is 11.1 Å². The second kappa shape index (κ2) is 6.21. The highest BCUT2D eigenvalue weighted by Gasteiger charge is 2.18. The van der Waals surface area contributed by atoms with Gasteiger partial charge in [-0.1, -0.05) is 18.2 Å². The molecule has 21 heavy (non-hydrogen) atoms. The molecule has 0 aliphatic rings. The molecule has 0 atom stereocenters. The molecule has 0 saturated carbocycles. The maximum absolute atomic E-state index is 13.6. The molecule has 0 N–H and O–H groups in total. The van der Waals surface area contributed by atoms with Crippen molar-refractivity contribution in [2.24, 2.45) is 0 Å². The highest BCUT2D eigenvalue weighted by atomic mass is 19.1. The van der Waals surface area contributed by atoms with Gasteiger partial charge in [-0.3, -0.25) is 10.1 Å². The monoisotopic (exact) mass is 291 g/mol. The smallest absolute Gasteiger partial charge is 0.313 e. The Morgan fingerprint density at radius 2 is 2.00 bits per heavy atom. The van der Waals surface area contributed by atoms with E-state index < -0.39 is 10.7 Å². The van der Waals surface area contributed by atoms with Gasteiger partial charge in [-0.25, -0.2) is 4.39 Å². The van der Waals surface area contributed by atoms with Crippen molar-refractivity contribution < 1.29 is 18.8 Å². The van der Waals surface area contributed by atoms with Crippen LogP contribution in [0.2, 0.25) is 0 Å². The summed E-state index contributed by atoms with van der Waals surface area (Å²) < 4.78 is 23.8. The number of benzene rings is 2. The first-order valence-corrected chi connectivity index (χ1v) is 6.22. The number of methoxy groups -OCH3 is 1. The lowest BCUT2D eigenvalue weighted by Crippen LogP contribution is -2.01. The van der Waals surface area contributed by atoms with Gasteiger partial charge in [-0.15, -0.1) is 0 Å². The van der Waals surface area contributed by atoms with E-state index in [4.69, 9.17) is 9.47 Å². The van der Waals surface area contributed by atoms with Gasteiger partial charge in [0.2, 0.25) is 0 Å². The van der Waals surface area contributed by atoms with E-state index in [-0.39, 0.29) is 23.8 Å². The molecule has 5 nitrogen and oxygen atoms in total. The fourth-order valence-corrected chi connectivity index (χ4v) is 1.94. The highest BCUT2D eigenvalue weighted by Crippen LogP contribution is 2.31. The predicted molar refractivity (Wildman–Crippen MR) is 75.1 cm³/mol. The number of nitro groups is 1. The van der Waals surface area contributed by atoms with E-state index in [1.54, 1.807) is 25.1 Å². The molecule has 0 aliphatic carbocycles. The summed E-state index contributed by atoms with van der Waals surface area (Å²) in [5, 5.41) is 11.0. The van der Waals surface area contributed by atoms with Crippen LogP contribution >= 0.6 is 0 Å². The van der Waals surface area contributed by atoms with Gasteiger partial charge in [0.1, 0.15) is 6.61 Å². The predicted octanol–water partition coefficient (Wildman–Crippen LogP) is 3.63. The maximum Gasteiger partial charge on any atom is 0.313 e. The Hall–Kier alpha value is -2.63. The quantitative estimate of drug-likeness (QED) is 0.623. The summed E-state index contributed by atoms with van der Waals surface area (Å²) >= 11 is 0. The van der Waals surface area contributed by atoms with Crippen LogP contribution in [-0.2, 0) is 6.61 Å². The molecule has 6 heteroatoms. The Labute approximate surface area is 121 Å². The van der Waals surface area contributed by atoms with Gasteiger partial charge in [0.05, 0.1) is 12.0 Å². The molecule has 2 aromatic rings. The number of ether oxygens (including phenoxy) is 2. The molecule has 0 radical (unpaired) electrons. The van der Waals surface area contributed by atoms with Crippen LogP contribution in [0.3, 0.4) is 0 Å². The Morgan fingerprint density at radius 1 is 1.24 bits per heavy atom. The second-order valence-electron chi connectivity index (χ2n) is 4.44. The van der Waals surface area contributed by atoms with E-state index in [1.165, 1.54) is 25.3 Å². The number of nitro benzene ring substituents is 1. The molecule has 0 saturated heterocycles. The zero-order valence-corrected chi connectivity index (χ0v) is 11.6. The van der Waals surface area contributed by atoms with E-state index in [0.29, 0.717) is 11.1 Å². The average Bonchev–Trinajstić information content (AvgIpc) is 2.44. The standard InChI is InChI=1S/C15H14FNO4/c1-10-4-3-5-14(15(10)17(18)19)21-9-11-6-7-13(20-2)12(16)8-11/h3-8H,9H2,1-2H3. The molecular weight excluding hydrogens is 277 g/mol. The first-order valence-electron chi connectivity index (χ1n) is 6.22. The fraction of sp³-hybridized carbons (Fsp3) is 0.200. The van der Waals surface area contributed by atoms with Crippen molar-refractivity contribution in [2.45, 2.75) is 13.5 Å². The average molecular weight is 291 g/mol. The Morgan fingerprint density at radius 3 is 2.62 bits per heavy atom. The molecule has 2 aromatic carbocycles. The van der Waals surface area contributed by atoms with E-state index in [0.717, 1.165) is 0 Å². The molecule has 0 spiro atoms. The van der Waals surface area contributed by atoms with Gasteiger partial charge in [-0.05, 0) is 30.7 Å².